The fraction of sp³-hybridized carbons (Fsp3) is 0.385. The second-order valence-corrected chi connectivity index (χ2v) is 3.85. The van der Waals surface area contributed by atoms with Crippen molar-refractivity contribution in [1.82, 2.24) is 5.32 Å². The van der Waals surface area contributed by atoms with Crippen LogP contribution in [-0.4, -0.2) is 43.3 Å². The van der Waals surface area contributed by atoms with Crippen molar-refractivity contribution in [3.63, 3.8) is 0 Å². The van der Waals surface area contributed by atoms with Crippen LogP contribution in [-0.2, 0) is 14.3 Å². The van der Waals surface area contributed by atoms with Gasteiger partial charge in [-0.3, -0.25) is 4.79 Å². The summed E-state index contributed by atoms with van der Waals surface area (Å²) in [6, 6.07) is 5.50. The third kappa shape index (κ3) is 7.32. The Labute approximate surface area is 115 Å². The Hall–Kier alpha value is -2.15. The molecule has 0 fully saturated rings. The first-order valence-electron chi connectivity index (χ1n) is 6.02. The molecule has 110 valence electrons. The Morgan fingerprint density at radius 3 is 2.55 bits per heavy atom. The van der Waals surface area contributed by atoms with Gasteiger partial charge in [-0.25, -0.2) is 9.18 Å². The van der Waals surface area contributed by atoms with Gasteiger partial charge in [-0.15, -0.1) is 0 Å². The summed E-state index contributed by atoms with van der Waals surface area (Å²) < 4.78 is 22.6. The SMILES string of the molecule is O=C(O)COCCNC(=O)CCOc1ccc(F)cc1. The number of amides is 1. The Morgan fingerprint density at radius 2 is 1.90 bits per heavy atom. The highest BCUT2D eigenvalue weighted by Gasteiger charge is 2.02. The van der Waals surface area contributed by atoms with Crippen molar-refractivity contribution in [3.8, 4) is 5.75 Å². The van der Waals surface area contributed by atoms with Crippen LogP contribution in [0.5, 0.6) is 5.75 Å². The van der Waals surface area contributed by atoms with E-state index in [0.717, 1.165) is 0 Å². The van der Waals surface area contributed by atoms with E-state index >= 15 is 0 Å². The van der Waals surface area contributed by atoms with Gasteiger partial charge >= 0.3 is 5.97 Å². The van der Waals surface area contributed by atoms with E-state index < -0.39 is 5.97 Å². The fourth-order valence-electron chi connectivity index (χ4n) is 1.30. The predicted molar refractivity (Wildman–Crippen MR) is 68.0 cm³/mol. The van der Waals surface area contributed by atoms with Crippen molar-refractivity contribution in [3.05, 3.63) is 30.1 Å². The van der Waals surface area contributed by atoms with E-state index in [4.69, 9.17) is 14.6 Å². The molecule has 0 unspecified atom stereocenters. The molecule has 0 saturated carbocycles. The summed E-state index contributed by atoms with van der Waals surface area (Å²) >= 11 is 0. The molecule has 0 atom stereocenters. The highest BCUT2D eigenvalue weighted by Crippen LogP contribution is 2.10. The van der Waals surface area contributed by atoms with E-state index in [9.17, 15) is 14.0 Å². The van der Waals surface area contributed by atoms with Crippen LogP contribution < -0.4 is 10.1 Å². The maximum absolute atomic E-state index is 12.6. The molecule has 0 spiro atoms. The first-order chi connectivity index (χ1) is 9.58. The van der Waals surface area contributed by atoms with E-state index in [2.05, 4.69) is 5.32 Å². The summed E-state index contributed by atoms with van der Waals surface area (Å²) in [7, 11) is 0. The first kappa shape index (κ1) is 15.9. The summed E-state index contributed by atoms with van der Waals surface area (Å²) in [6.45, 7) is 0.163. The van der Waals surface area contributed by atoms with Crippen molar-refractivity contribution in [2.45, 2.75) is 6.42 Å². The van der Waals surface area contributed by atoms with Gasteiger partial charge in [-0.1, -0.05) is 0 Å². The van der Waals surface area contributed by atoms with Gasteiger partial charge in [-0.2, -0.15) is 0 Å². The minimum absolute atomic E-state index is 0.136. The van der Waals surface area contributed by atoms with Gasteiger partial charge in [0.2, 0.25) is 5.91 Å². The first-order valence-corrected chi connectivity index (χ1v) is 6.02. The van der Waals surface area contributed by atoms with E-state index in [0.29, 0.717) is 5.75 Å². The molecule has 1 aromatic carbocycles. The zero-order chi connectivity index (χ0) is 14.8. The molecule has 0 aliphatic rings. The highest BCUT2D eigenvalue weighted by atomic mass is 19.1. The Morgan fingerprint density at radius 1 is 1.20 bits per heavy atom. The summed E-state index contributed by atoms with van der Waals surface area (Å²) in [5.74, 6) is -1.14. The van der Waals surface area contributed by atoms with Crippen molar-refractivity contribution in [2.24, 2.45) is 0 Å². The van der Waals surface area contributed by atoms with Gasteiger partial charge < -0.3 is 19.9 Å². The van der Waals surface area contributed by atoms with Gasteiger partial charge in [0.05, 0.1) is 19.6 Å². The molecule has 0 aliphatic carbocycles. The number of halogens is 1. The van der Waals surface area contributed by atoms with Crippen LogP contribution >= 0.6 is 0 Å². The standard InChI is InChI=1S/C13H16FNO5/c14-10-1-3-11(4-2-10)20-7-5-12(16)15-6-8-19-9-13(17)18/h1-4H,5-9H2,(H,15,16)(H,17,18). The van der Waals surface area contributed by atoms with Gasteiger partial charge in [0.15, 0.2) is 0 Å². The number of ether oxygens (including phenoxy) is 2. The molecule has 2 N–H and O–H groups in total. The summed E-state index contributed by atoms with van der Waals surface area (Å²) in [5, 5.41) is 10.9. The number of aliphatic carboxylic acids is 1. The zero-order valence-corrected chi connectivity index (χ0v) is 10.8. The lowest BCUT2D eigenvalue weighted by atomic mass is 10.3. The average molecular weight is 285 g/mol. The summed E-state index contributed by atoms with van der Waals surface area (Å²) in [5.41, 5.74) is 0. The number of hydrogen-bond acceptors (Lipinski definition) is 4. The molecule has 0 aromatic heterocycles. The molecule has 1 rings (SSSR count). The van der Waals surface area contributed by atoms with E-state index in [1.807, 2.05) is 0 Å². The molecule has 20 heavy (non-hydrogen) atoms. The monoisotopic (exact) mass is 285 g/mol. The number of benzene rings is 1. The largest absolute Gasteiger partial charge is 0.493 e. The molecule has 6 nitrogen and oxygen atoms in total. The van der Waals surface area contributed by atoms with E-state index in [-0.39, 0.29) is 44.5 Å². The fourth-order valence-corrected chi connectivity index (χ4v) is 1.30. The zero-order valence-electron chi connectivity index (χ0n) is 10.8. The van der Waals surface area contributed by atoms with Gasteiger partial charge in [0.1, 0.15) is 18.2 Å². The topological polar surface area (TPSA) is 84.9 Å². The molecule has 7 heteroatoms. The van der Waals surface area contributed by atoms with Crippen LogP contribution in [0.3, 0.4) is 0 Å². The third-order valence-corrected chi connectivity index (χ3v) is 2.21. The average Bonchev–Trinajstić information content (AvgIpc) is 2.40. The van der Waals surface area contributed by atoms with Crippen LogP contribution in [0.1, 0.15) is 6.42 Å². The lowest BCUT2D eigenvalue weighted by Gasteiger charge is -2.07. The molecule has 0 heterocycles. The number of hydrogen-bond donors (Lipinski definition) is 2. The minimum atomic E-state index is -1.05. The number of carboxylic acids is 1. The Balaban J connectivity index is 2.05. The molecule has 0 saturated heterocycles. The molecule has 0 bridgehead atoms. The maximum atomic E-state index is 12.6. The van der Waals surface area contributed by atoms with Crippen LogP contribution in [0.2, 0.25) is 0 Å². The third-order valence-electron chi connectivity index (χ3n) is 2.21. The molecule has 1 amide bonds. The molecule has 0 radical (unpaired) electrons. The van der Waals surface area contributed by atoms with Crippen LogP contribution in [0.15, 0.2) is 24.3 Å². The minimum Gasteiger partial charge on any atom is -0.493 e. The smallest absolute Gasteiger partial charge is 0.329 e. The number of carbonyl (C=O) groups excluding carboxylic acids is 1. The highest BCUT2D eigenvalue weighted by molar-refractivity contribution is 5.75. The summed E-state index contributed by atoms with van der Waals surface area (Å²) in [4.78, 5) is 21.5. The molecular formula is C13H16FNO5. The van der Waals surface area contributed by atoms with Crippen LogP contribution in [0.25, 0.3) is 0 Å². The second-order valence-electron chi connectivity index (χ2n) is 3.85. The second kappa shape index (κ2) is 8.87. The van der Waals surface area contributed by atoms with Crippen LogP contribution in [0, 0.1) is 5.82 Å². The summed E-state index contributed by atoms with van der Waals surface area (Å²) in [6.07, 6.45) is 0.149. The van der Waals surface area contributed by atoms with Crippen molar-refractivity contribution in [1.29, 1.82) is 0 Å². The van der Waals surface area contributed by atoms with Crippen molar-refractivity contribution in [2.75, 3.05) is 26.4 Å². The Kier molecular flexibility index (Phi) is 7.05. The van der Waals surface area contributed by atoms with Gasteiger partial charge in [-0.05, 0) is 24.3 Å². The normalized spacial score (nSPS) is 10.1. The Bertz CT molecular complexity index is 435. The van der Waals surface area contributed by atoms with Gasteiger partial charge in [0, 0.05) is 6.54 Å². The predicted octanol–water partition coefficient (Wildman–Crippen LogP) is 0.812. The van der Waals surface area contributed by atoms with Crippen molar-refractivity contribution < 1.29 is 28.6 Å². The lowest BCUT2D eigenvalue weighted by Crippen LogP contribution is -2.29. The van der Waals surface area contributed by atoms with Gasteiger partial charge in [0.25, 0.3) is 0 Å². The molecule has 1 aromatic rings. The molecular weight excluding hydrogens is 269 g/mol. The number of nitrogens with one attached hydrogen (secondary N) is 1. The van der Waals surface area contributed by atoms with E-state index in [1.165, 1.54) is 24.3 Å². The maximum Gasteiger partial charge on any atom is 0.329 e. The number of rotatable bonds is 9. The molecule has 0 aliphatic heterocycles. The lowest BCUT2D eigenvalue weighted by molar-refractivity contribution is -0.142. The quantitative estimate of drug-likeness (QED) is 0.656. The van der Waals surface area contributed by atoms with Crippen molar-refractivity contribution >= 4 is 11.9 Å². The number of carboxylic acid groups (broad SMARTS) is 1. The van der Waals surface area contributed by atoms with E-state index in [1.54, 1.807) is 0 Å². The van der Waals surface area contributed by atoms with Crippen LogP contribution in [0.4, 0.5) is 4.39 Å². The number of carbonyl (C=O) groups is 2.